The Morgan fingerprint density at radius 2 is 2.18 bits per heavy atom. The molecule has 8 heteroatoms. The van der Waals surface area contributed by atoms with Crippen molar-refractivity contribution in [1.82, 2.24) is 30.6 Å². The zero-order chi connectivity index (χ0) is 19.1. The lowest BCUT2D eigenvalue weighted by Gasteiger charge is -2.29. The number of amides is 1. The van der Waals surface area contributed by atoms with Gasteiger partial charge in [-0.05, 0) is 59.9 Å². The van der Waals surface area contributed by atoms with Gasteiger partial charge in [0.15, 0.2) is 11.5 Å². The number of hydrogen-bond donors (Lipinski definition) is 1. The Bertz CT molecular complexity index is 1030. The van der Waals surface area contributed by atoms with Crippen molar-refractivity contribution in [1.29, 1.82) is 0 Å². The van der Waals surface area contributed by atoms with E-state index in [1.165, 1.54) is 17.5 Å². The normalized spacial score (nSPS) is 23.9. The van der Waals surface area contributed by atoms with E-state index in [4.69, 9.17) is 0 Å². The molecule has 2 atom stereocenters. The summed E-state index contributed by atoms with van der Waals surface area (Å²) in [5, 5.41) is 19.2. The van der Waals surface area contributed by atoms with Crippen LogP contribution in [-0.4, -0.2) is 50.8 Å². The van der Waals surface area contributed by atoms with Crippen molar-refractivity contribution in [2.75, 3.05) is 24.5 Å². The Hall–Kier alpha value is -3.03. The Kier molecular flexibility index (Phi) is 3.99. The number of rotatable bonds is 4. The molecule has 8 nitrogen and oxygen atoms in total. The van der Waals surface area contributed by atoms with E-state index in [0.29, 0.717) is 18.1 Å². The van der Waals surface area contributed by atoms with Gasteiger partial charge in [-0.1, -0.05) is 24.6 Å². The van der Waals surface area contributed by atoms with Crippen LogP contribution in [0.3, 0.4) is 0 Å². The summed E-state index contributed by atoms with van der Waals surface area (Å²) in [4.78, 5) is 15.0. The minimum absolute atomic E-state index is 0.0183. The fraction of sp³-hybridized carbons (Fsp3) is 0.450. The average Bonchev–Trinajstić information content (AvgIpc) is 3.39. The van der Waals surface area contributed by atoms with Gasteiger partial charge in [0.25, 0.3) is 5.91 Å². The van der Waals surface area contributed by atoms with Gasteiger partial charge < -0.3 is 10.2 Å². The lowest BCUT2D eigenvalue weighted by atomic mass is 9.80. The minimum atomic E-state index is 0.0183. The van der Waals surface area contributed by atoms with Crippen molar-refractivity contribution in [2.45, 2.75) is 26.2 Å². The number of anilines is 1. The SMILES string of the molecule is Cc1ccccc1C(=O)NC[C@]12CCC[C@H]1CN(c1ccc3nnnn3n1)C2. The molecule has 3 aromatic rings. The van der Waals surface area contributed by atoms with Crippen LogP contribution in [0.2, 0.25) is 0 Å². The van der Waals surface area contributed by atoms with E-state index in [2.05, 4.69) is 30.8 Å². The van der Waals surface area contributed by atoms with Gasteiger partial charge in [0.1, 0.15) is 0 Å². The molecule has 2 fully saturated rings. The summed E-state index contributed by atoms with van der Waals surface area (Å²) >= 11 is 0. The summed E-state index contributed by atoms with van der Waals surface area (Å²) in [6.07, 6.45) is 3.55. The zero-order valence-corrected chi connectivity index (χ0v) is 15.9. The first kappa shape index (κ1) is 17.1. The maximum absolute atomic E-state index is 12.7. The predicted octanol–water partition coefficient (Wildman–Crippen LogP) is 1.86. The van der Waals surface area contributed by atoms with E-state index in [-0.39, 0.29) is 11.3 Å². The number of aryl methyl sites for hydroxylation is 1. The molecule has 1 saturated carbocycles. The number of benzene rings is 1. The highest BCUT2D eigenvalue weighted by Crippen LogP contribution is 2.49. The molecular formula is C20H23N7O. The van der Waals surface area contributed by atoms with Crippen molar-refractivity contribution < 1.29 is 4.79 Å². The molecule has 3 heterocycles. The fourth-order valence-corrected chi connectivity index (χ4v) is 4.87. The number of fused-ring (bicyclic) bond motifs is 2. The molecule has 1 aromatic carbocycles. The summed E-state index contributed by atoms with van der Waals surface area (Å²) in [7, 11) is 0. The number of hydrogen-bond acceptors (Lipinski definition) is 6. The smallest absolute Gasteiger partial charge is 0.251 e. The Balaban J connectivity index is 1.33. The minimum Gasteiger partial charge on any atom is -0.354 e. The van der Waals surface area contributed by atoms with Crippen molar-refractivity contribution in [2.24, 2.45) is 11.3 Å². The molecule has 1 amide bonds. The quantitative estimate of drug-likeness (QED) is 0.747. The van der Waals surface area contributed by atoms with Crippen molar-refractivity contribution in [3.63, 3.8) is 0 Å². The molecule has 1 aliphatic carbocycles. The first-order valence-electron chi connectivity index (χ1n) is 9.79. The van der Waals surface area contributed by atoms with Crippen LogP contribution in [0.5, 0.6) is 0 Å². The van der Waals surface area contributed by atoms with Crippen LogP contribution in [-0.2, 0) is 0 Å². The van der Waals surface area contributed by atoms with Crippen LogP contribution in [0.15, 0.2) is 36.4 Å². The van der Waals surface area contributed by atoms with Crippen LogP contribution in [0, 0.1) is 18.3 Å². The highest BCUT2D eigenvalue weighted by atomic mass is 16.1. The molecule has 5 rings (SSSR count). The molecule has 0 spiro atoms. The monoisotopic (exact) mass is 377 g/mol. The van der Waals surface area contributed by atoms with Crippen LogP contribution >= 0.6 is 0 Å². The van der Waals surface area contributed by atoms with Gasteiger partial charge in [0.05, 0.1) is 0 Å². The largest absolute Gasteiger partial charge is 0.354 e. The summed E-state index contributed by atoms with van der Waals surface area (Å²) < 4.78 is 1.47. The lowest BCUT2D eigenvalue weighted by Crippen LogP contribution is -2.41. The lowest BCUT2D eigenvalue weighted by molar-refractivity contribution is 0.0927. The van der Waals surface area contributed by atoms with Crippen molar-refractivity contribution in [3.05, 3.63) is 47.5 Å². The topological polar surface area (TPSA) is 88.3 Å². The summed E-state index contributed by atoms with van der Waals surface area (Å²) in [6, 6.07) is 11.6. The van der Waals surface area contributed by atoms with Gasteiger partial charge in [0, 0.05) is 30.6 Å². The second-order valence-electron chi connectivity index (χ2n) is 8.05. The van der Waals surface area contributed by atoms with Crippen LogP contribution in [0.25, 0.3) is 5.65 Å². The number of carbonyl (C=O) groups excluding carboxylic acids is 1. The van der Waals surface area contributed by atoms with Gasteiger partial charge in [-0.2, -0.15) is 0 Å². The second kappa shape index (κ2) is 6.54. The molecule has 0 radical (unpaired) electrons. The van der Waals surface area contributed by atoms with E-state index in [0.717, 1.165) is 36.5 Å². The number of nitrogens with one attached hydrogen (secondary N) is 1. The molecule has 28 heavy (non-hydrogen) atoms. The maximum Gasteiger partial charge on any atom is 0.251 e. The Labute approximate surface area is 162 Å². The Morgan fingerprint density at radius 1 is 1.29 bits per heavy atom. The molecule has 2 aromatic heterocycles. The molecule has 0 unspecified atom stereocenters. The molecule has 1 saturated heterocycles. The van der Waals surface area contributed by atoms with E-state index in [1.54, 1.807) is 0 Å². The molecule has 1 aliphatic heterocycles. The van der Waals surface area contributed by atoms with E-state index < -0.39 is 0 Å². The predicted molar refractivity (Wildman–Crippen MR) is 104 cm³/mol. The van der Waals surface area contributed by atoms with Gasteiger partial charge >= 0.3 is 0 Å². The van der Waals surface area contributed by atoms with Crippen LogP contribution < -0.4 is 10.2 Å². The number of carbonyl (C=O) groups is 1. The third kappa shape index (κ3) is 2.80. The second-order valence-corrected chi connectivity index (χ2v) is 8.05. The van der Waals surface area contributed by atoms with E-state index in [9.17, 15) is 4.79 Å². The molecular weight excluding hydrogens is 354 g/mol. The van der Waals surface area contributed by atoms with Crippen molar-refractivity contribution in [3.8, 4) is 0 Å². The van der Waals surface area contributed by atoms with E-state index in [1.807, 2.05) is 43.3 Å². The standard InChI is InChI=1S/C20H23N7O/c1-14-5-2-3-7-16(14)19(28)21-12-20-10-4-6-15(20)11-26(13-20)18-9-8-17-22-24-25-27(17)23-18/h2-3,5,7-9,15H,4,6,10-13H2,1H3,(H,21,28)/t15-,20-/m0/s1. The van der Waals surface area contributed by atoms with Gasteiger partial charge in [-0.15, -0.1) is 14.8 Å². The Morgan fingerprint density at radius 3 is 3.07 bits per heavy atom. The first-order chi connectivity index (χ1) is 13.6. The highest BCUT2D eigenvalue weighted by molar-refractivity contribution is 5.95. The molecule has 1 N–H and O–H groups in total. The van der Waals surface area contributed by atoms with E-state index >= 15 is 0 Å². The highest BCUT2D eigenvalue weighted by Gasteiger charge is 2.49. The average molecular weight is 377 g/mol. The number of tetrazole rings is 1. The number of aromatic nitrogens is 5. The van der Waals surface area contributed by atoms with Crippen LogP contribution in [0.1, 0.15) is 35.2 Å². The summed E-state index contributed by atoms with van der Waals surface area (Å²) in [5.74, 6) is 1.47. The third-order valence-electron chi connectivity index (χ3n) is 6.41. The van der Waals surface area contributed by atoms with Gasteiger partial charge in [-0.3, -0.25) is 4.79 Å². The summed E-state index contributed by atoms with van der Waals surface area (Å²) in [5.41, 5.74) is 2.51. The maximum atomic E-state index is 12.7. The molecule has 144 valence electrons. The fourth-order valence-electron chi connectivity index (χ4n) is 4.87. The third-order valence-corrected chi connectivity index (χ3v) is 6.41. The van der Waals surface area contributed by atoms with Gasteiger partial charge in [0.2, 0.25) is 0 Å². The first-order valence-corrected chi connectivity index (χ1v) is 9.79. The van der Waals surface area contributed by atoms with Gasteiger partial charge in [-0.25, -0.2) is 0 Å². The molecule has 2 aliphatic rings. The number of nitrogens with zero attached hydrogens (tertiary/aromatic N) is 6. The van der Waals surface area contributed by atoms with Crippen molar-refractivity contribution >= 4 is 17.4 Å². The zero-order valence-electron chi connectivity index (χ0n) is 15.9. The molecule has 0 bridgehead atoms. The van der Waals surface area contributed by atoms with Crippen LogP contribution in [0.4, 0.5) is 5.82 Å². The summed E-state index contributed by atoms with van der Waals surface area (Å²) in [6.45, 7) is 4.53.